The maximum absolute atomic E-state index is 13.1. The second kappa shape index (κ2) is 11.3. The molecule has 1 N–H and O–H groups in total. The van der Waals surface area contributed by atoms with Gasteiger partial charge in [0.05, 0.1) is 4.88 Å². The summed E-state index contributed by atoms with van der Waals surface area (Å²) in [6.07, 6.45) is 7.99. The number of carbonyl (C=O) groups excluding carboxylic acids is 2. The molecule has 0 bridgehead atoms. The number of nitrogens with one attached hydrogen (secondary N) is 1. The second-order valence-corrected chi connectivity index (χ2v) is 13.2. The van der Waals surface area contributed by atoms with Crippen LogP contribution in [0.5, 0.6) is 0 Å². The van der Waals surface area contributed by atoms with Gasteiger partial charge in [-0.2, -0.15) is 0 Å². The zero-order valence-electron chi connectivity index (χ0n) is 20.0. The van der Waals surface area contributed by atoms with Crippen molar-refractivity contribution in [1.82, 2.24) is 10.2 Å². The Kier molecular flexibility index (Phi) is 8.39. The van der Waals surface area contributed by atoms with Gasteiger partial charge in [0.1, 0.15) is 10.0 Å². The number of ketones is 1. The van der Waals surface area contributed by atoms with E-state index in [1.165, 1.54) is 18.2 Å². The number of sulfone groups is 1. The Morgan fingerprint density at radius 1 is 1.00 bits per heavy atom. The van der Waals surface area contributed by atoms with Gasteiger partial charge in [0, 0.05) is 23.8 Å². The number of likely N-dealkylation sites (tertiary alicyclic amines) is 1. The van der Waals surface area contributed by atoms with Gasteiger partial charge < -0.3 is 10.2 Å². The van der Waals surface area contributed by atoms with Gasteiger partial charge in [-0.05, 0) is 107 Å². The molecule has 0 atom stereocenters. The molecule has 190 valence electrons. The number of piperidine rings is 1. The van der Waals surface area contributed by atoms with E-state index in [2.05, 4.69) is 10.2 Å². The second-order valence-electron chi connectivity index (χ2n) is 9.86. The maximum atomic E-state index is 13.1. The molecular weight excluding hydrogens is 487 g/mol. The van der Waals surface area contributed by atoms with Crippen LogP contribution in [0.25, 0.3) is 0 Å². The average molecular weight is 521 g/mol. The standard InChI is InChI=1S/C26H33FN2O4S2/c1-35(32,33)24-11-10-23(34-24)26(31)28-22-8-2-18(3-9-22)12-15-29-16-13-20(14-17-29)25(30)19-4-6-21(27)7-5-19/h4-7,10-11,18,20,22H,2-3,8-9,12-17H2,1H3,(H,28,31)/t18-,22-. The molecule has 1 saturated heterocycles. The van der Waals surface area contributed by atoms with E-state index in [4.69, 9.17) is 0 Å². The van der Waals surface area contributed by atoms with Crippen LogP contribution < -0.4 is 5.32 Å². The molecule has 1 aromatic carbocycles. The van der Waals surface area contributed by atoms with Gasteiger partial charge >= 0.3 is 0 Å². The zero-order valence-corrected chi connectivity index (χ0v) is 21.7. The first-order valence-electron chi connectivity index (χ1n) is 12.3. The lowest BCUT2D eigenvalue weighted by atomic mass is 9.83. The Labute approximate surface area is 210 Å². The first-order valence-corrected chi connectivity index (χ1v) is 15.0. The lowest BCUT2D eigenvalue weighted by molar-refractivity contribution is 0.0832. The number of rotatable bonds is 8. The van der Waals surface area contributed by atoms with Crippen molar-refractivity contribution in [2.24, 2.45) is 11.8 Å². The van der Waals surface area contributed by atoms with Gasteiger partial charge in [0.2, 0.25) is 0 Å². The van der Waals surface area contributed by atoms with Crippen molar-refractivity contribution in [2.75, 3.05) is 25.9 Å². The Bertz CT molecular complexity index is 1130. The number of halogens is 1. The summed E-state index contributed by atoms with van der Waals surface area (Å²) in [4.78, 5) is 28.1. The predicted molar refractivity (Wildman–Crippen MR) is 135 cm³/mol. The molecule has 2 aromatic rings. The third kappa shape index (κ3) is 6.98. The molecule has 1 aliphatic heterocycles. The molecule has 0 unspecified atom stereocenters. The van der Waals surface area contributed by atoms with Gasteiger partial charge in [-0.15, -0.1) is 11.3 Å². The van der Waals surface area contributed by atoms with Gasteiger partial charge in [-0.1, -0.05) is 0 Å². The van der Waals surface area contributed by atoms with Crippen molar-refractivity contribution >= 4 is 32.9 Å². The van der Waals surface area contributed by atoms with E-state index in [0.717, 1.165) is 82.2 Å². The minimum absolute atomic E-state index is 0.0209. The SMILES string of the molecule is CS(=O)(=O)c1ccc(C(=O)N[C@H]2CC[C@H](CCN3CCC(C(=O)c4ccc(F)cc4)CC3)CC2)s1. The van der Waals surface area contributed by atoms with E-state index in [1.807, 2.05) is 0 Å². The van der Waals surface area contributed by atoms with Crippen molar-refractivity contribution < 1.29 is 22.4 Å². The van der Waals surface area contributed by atoms with Crippen LogP contribution in [0.1, 0.15) is 65.0 Å². The number of benzene rings is 1. The first-order chi connectivity index (χ1) is 16.7. The number of nitrogens with zero attached hydrogens (tertiary/aromatic N) is 1. The van der Waals surface area contributed by atoms with Crippen LogP contribution in [0.15, 0.2) is 40.6 Å². The molecular formula is C26H33FN2O4S2. The Balaban J connectivity index is 1.14. The minimum atomic E-state index is -3.29. The quantitative estimate of drug-likeness (QED) is 0.516. The highest BCUT2D eigenvalue weighted by Gasteiger charge is 2.28. The summed E-state index contributed by atoms with van der Waals surface area (Å²) in [7, 11) is -3.29. The average Bonchev–Trinajstić information content (AvgIpc) is 3.35. The monoisotopic (exact) mass is 520 g/mol. The summed E-state index contributed by atoms with van der Waals surface area (Å²) >= 11 is 1.02. The van der Waals surface area contributed by atoms with E-state index >= 15 is 0 Å². The third-order valence-electron chi connectivity index (χ3n) is 7.29. The molecule has 4 rings (SSSR count). The molecule has 2 fully saturated rings. The molecule has 1 saturated carbocycles. The fraction of sp³-hybridized carbons (Fsp3) is 0.538. The first kappa shape index (κ1) is 26.0. The number of carbonyl (C=O) groups is 2. The molecule has 9 heteroatoms. The van der Waals surface area contributed by atoms with Gasteiger partial charge in [0.15, 0.2) is 15.6 Å². The third-order valence-corrected chi connectivity index (χ3v) is 10.2. The van der Waals surface area contributed by atoms with E-state index in [-0.39, 0.29) is 33.7 Å². The van der Waals surface area contributed by atoms with Crippen LogP contribution >= 0.6 is 11.3 Å². The Morgan fingerprint density at radius 3 is 2.26 bits per heavy atom. The number of hydrogen-bond acceptors (Lipinski definition) is 6. The van der Waals surface area contributed by atoms with Crippen LogP contribution in [-0.2, 0) is 9.84 Å². The van der Waals surface area contributed by atoms with Crippen LogP contribution in [0.4, 0.5) is 4.39 Å². The molecule has 35 heavy (non-hydrogen) atoms. The van der Waals surface area contributed by atoms with E-state index in [9.17, 15) is 22.4 Å². The Morgan fingerprint density at radius 2 is 1.66 bits per heavy atom. The van der Waals surface area contributed by atoms with Crippen molar-refractivity contribution in [1.29, 1.82) is 0 Å². The topological polar surface area (TPSA) is 83.6 Å². The number of thiophene rings is 1. The fourth-order valence-electron chi connectivity index (χ4n) is 5.13. The molecule has 0 radical (unpaired) electrons. The molecule has 0 spiro atoms. The van der Waals surface area contributed by atoms with Crippen LogP contribution in [0.3, 0.4) is 0 Å². The lowest BCUT2D eigenvalue weighted by Gasteiger charge is -2.34. The smallest absolute Gasteiger partial charge is 0.261 e. The summed E-state index contributed by atoms with van der Waals surface area (Å²) in [5.41, 5.74) is 0.601. The van der Waals surface area contributed by atoms with Crippen molar-refractivity contribution in [3.05, 3.63) is 52.7 Å². The summed E-state index contributed by atoms with van der Waals surface area (Å²) in [5, 5.41) is 3.07. The van der Waals surface area contributed by atoms with Crippen LogP contribution in [-0.4, -0.2) is 56.9 Å². The molecule has 2 heterocycles. The van der Waals surface area contributed by atoms with Crippen molar-refractivity contribution in [2.45, 2.75) is 55.2 Å². The number of hydrogen-bond donors (Lipinski definition) is 1. The van der Waals surface area contributed by atoms with Crippen LogP contribution in [0, 0.1) is 17.7 Å². The molecule has 1 aliphatic carbocycles. The number of amides is 1. The Hall–Kier alpha value is -2.10. The van der Waals surface area contributed by atoms with E-state index in [0.29, 0.717) is 16.4 Å². The van der Waals surface area contributed by atoms with Gasteiger partial charge in [0.25, 0.3) is 5.91 Å². The zero-order chi connectivity index (χ0) is 25.0. The van der Waals surface area contributed by atoms with Crippen molar-refractivity contribution in [3.63, 3.8) is 0 Å². The summed E-state index contributed by atoms with van der Waals surface area (Å²) in [6.45, 7) is 2.86. The van der Waals surface area contributed by atoms with E-state index < -0.39 is 9.84 Å². The molecule has 2 aliphatic rings. The normalized spacial score (nSPS) is 22.1. The maximum Gasteiger partial charge on any atom is 0.261 e. The molecule has 1 aromatic heterocycles. The van der Waals surface area contributed by atoms with E-state index in [1.54, 1.807) is 18.2 Å². The highest BCUT2D eigenvalue weighted by molar-refractivity contribution is 7.92. The van der Waals surface area contributed by atoms with Gasteiger partial charge in [-0.25, -0.2) is 12.8 Å². The summed E-state index contributed by atoms with van der Waals surface area (Å²) in [5.74, 6) is 0.276. The van der Waals surface area contributed by atoms with Crippen molar-refractivity contribution in [3.8, 4) is 0 Å². The largest absolute Gasteiger partial charge is 0.349 e. The predicted octanol–water partition coefficient (Wildman–Crippen LogP) is 4.56. The fourth-order valence-corrected chi connectivity index (χ4v) is 6.96. The molecule has 1 amide bonds. The summed E-state index contributed by atoms with van der Waals surface area (Å²) in [6, 6.07) is 9.06. The highest BCUT2D eigenvalue weighted by Crippen LogP contribution is 2.29. The van der Waals surface area contributed by atoms with Crippen LogP contribution in [0.2, 0.25) is 0 Å². The number of Topliss-reactive ketones (excluding diaryl/α,β-unsaturated/α-hetero) is 1. The molecule has 6 nitrogen and oxygen atoms in total. The summed E-state index contributed by atoms with van der Waals surface area (Å²) < 4.78 is 36.6. The van der Waals surface area contributed by atoms with Gasteiger partial charge in [-0.3, -0.25) is 9.59 Å². The minimum Gasteiger partial charge on any atom is -0.349 e. The lowest BCUT2D eigenvalue weighted by Crippen LogP contribution is -2.39. The highest BCUT2D eigenvalue weighted by atomic mass is 32.2.